The van der Waals surface area contributed by atoms with Gasteiger partial charge in [0.15, 0.2) is 0 Å². The Morgan fingerprint density at radius 3 is 2.27 bits per heavy atom. The summed E-state index contributed by atoms with van der Waals surface area (Å²) in [6.45, 7) is 3.97. The van der Waals surface area contributed by atoms with E-state index in [1.54, 1.807) is 24.3 Å². The van der Waals surface area contributed by atoms with Gasteiger partial charge in [-0.15, -0.1) is 0 Å². The third kappa shape index (κ3) is 5.81. The lowest BCUT2D eigenvalue weighted by atomic mass is 10.1. The van der Waals surface area contributed by atoms with Gasteiger partial charge in [0.05, 0.1) is 5.71 Å². The molecule has 2 amide bonds. The van der Waals surface area contributed by atoms with Gasteiger partial charge in [0.25, 0.3) is 0 Å². The summed E-state index contributed by atoms with van der Waals surface area (Å²) >= 11 is 0. The smallest absolute Gasteiger partial charge is 0.318 e. The molecular weight excluding hydrogens is 333 g/mol. The monoisotopic (exact) mass is 355 g/mol. The molecule has 0 radical (unpaired) electrons. The predicted molar refractivity (Wildman–Crippen MR) is 100 cm³/mol. The molecule has 0 aliphatic heterocycles. The molecule has 5 nitrogen and oxygen atoms in total. The first-order chi connectivity index (χ1) is 12.5. The number of anilines is 1. The van der Waals surface area contributed by atoms with Crippen LogP contribution in [0.2, 0.25) is 0 Å². The minimum absolute atomic E-state index is 0.342. The molecule has 2 aromatic carbocycles. The van der Waals surface area contributed by atoms with Crippen molar-refractivity contribution in [2.45, 2.75) is 33.1 Å². The molecule has 0 bridgehead atoms. The number of benzene rings is 2. The first-order valence-corrected chi connectivity index (χ1v) is 8.50. The summed E-state index contributed by atoms with van der Waals surface area (Å²) in [7, 11) is 0. The average molecular weight is 355 g/mol. The van der Waals surface area contributed by atoms with E-state index in [0.29, 0.717) is 23.4 Å². The normalized spacial score (nSPS) is 11.1. The van der Waals surface area contributed by atoms with Gasteiger partial charge in [0.1, 0.15) is 5.82 Å². The highest BCUT2D eigenvalue weighted by atomic mass is 19.1. The molecule has 2 N–H and O–H groups in total. The zero-order valence-corrected chi connectivity index (χ0v) is 14.9. The fraction of sp³-hybridized carbons (Fsp3) is 0.250. The number of hydrazone groups is 1. The van der Waals surface area contributed by atoms with Crippen LogP contribution in [-0.4, -0.2) is 17.5 Å². The molecule has 0 atom stereocenters. The molecule has 0 aromatic heterocycles. The van der Waals surface area contributed by atoms with Crippen molar-refractivity contribution < 1.29 is 14.0 Å². The highest BCUT2D eigenvalue weighted by Gasteiger charge is 2.14. The van der Waals surface area contributed by atoms with Gasteiger partial charge in [-0.25, -0.2) is 9.82 Å². The molecule has 2 aromatic rings. The van der Waals surface area contributed by atoms with Crippen LogP contribution in [-0.2, 0) is 9.59 Å². The van der Waals surface area contributed by atoms with E-state index in [9.17, 15) is 14.0 Å². The van der Waals surface area contributed by atoms with Crippen LogP contribution in [0.1, 0.15) is 37.3 Å². The lowest BCUT2D eigenvalue weighted by Gasteiger charge is -2.08. The lowest BCUT2D eigenvalue weighted by molar-refractivity contribution is -0.136. The van der Waals surface area contributed by atoms with Crippen molar-refractivity contribution in [1.29, 1.82) is 0 Å². The standard InChI is InChI=1S/C20H22FN3O2/c1-3-4-5-18(15-8-10-16(21)11-9-15)23-24-20(26)19(25)22-17-12-6-14(2)7-13-17/h6-13H,3-5H2,1-2H3,(H,22,25)(H,24,26)/b23-18-. The molecular formula is C20H22FN3O2. The van der Waals surface area contributed by atoms with Gasteiger partial charge in [-0.1, -0.05) is 43.2 Å². The summed E-state index contributed by atoms with van der Waals surface area (Å²) in [5, 5.41) is 6.58. The largest absolute Gasteiger partial charge is 0.329 e. The van der Waals surface area contributed by atoms with Crippen LogP contribution < -0.4 is 10.7 Å². The SMILES string of the molecule is CCCC/C(=N/NC(=O)C(=O)Nc1ccc(C)cc1)c1ccc(F)cc1. The van der Waals surface area contributed by atoms with Crippen LogP contribution in [0.15, 0.2) is 53.6 Å². The Morgan fingerprint density at radius 1 is 1.00 bits per heavy atom. The quantitative estimate of drug-likeness (QED) is 0.470. The molecule has 2 rings (SSSR count). The van der Waals surface area contributed by atoms with Crippen molar-refractivity contribution in [2.24, 2.45) is 5.10 Å². The topological polar surface area (TPSA) is 70.6 Å². The second-order valence-corrected chi connectivity index (χ2v) is 5.93. The van der Waals surface area contributed by atoms with Gasteiger partial charge < -0.3 is 5.32 Å². The van der Waals surface area contributed by atoms with Gasteiger partial charge in [-0.05, 0) is 49.6 Å². The number of carbonyl (C=O) groups is 2. The van der Waals surface area contributed by atoms with E-state index in [-0.39, 0.29) is 5.82 Å². The van der Waals surface area contributed by atoms with Gasteiger partial charge in [-0.2, -0.15) is 5.10 Å². The Labute approximate surface area is 152 Å². The van der Waals surface area contributed by atoms with Crippen molar-refractivity contribution >= 4 is 23.2 Å². The number of halogens is 1. The van der Waals surface area contributed by atoms with E-state index in [0.717, 1.165) is 18.4 Å². The van der Waals surface area contributed by atoms with Gasteiger partial charge in [0, 0.05) is 5.69 Å². The maximum atomic E-state index is 13.1. The van der Waals surface area contributed by atoms with E-state index in [4.69, 9.17) is 0 Å². The summed E-state index contributed by atoms with van der Waals surface area (Å²) in [5.74, 6) is -2.00. The first kappa shape index (κ1) is 19.3. The number of unbranched alkanes of at least 4 members (excludes halogenated alkanes) is 1. The molecule has 0 saturated carbocycles. The predicted octanol–water partition coefficient (Wildman–Crippen LogP) is 3.78. The fourth-order valence-electron chi connectivity index (χ4n) is 2.25. The number of hydrogen-bond donors (Lipinski definition) is 2. The summed E-state index contributed by atoms with van der Waals surface area (Å²) in [6, 6.07) is 13.0. The third-order valence-electron chi connectivity index (χ3n) is 3.75. The zero-order valence-electron chi connectivity index (χ0n) is 14.9. The second kappa shape index (κ2) is 9.46. The van der Waals surface area contributed by atoms with E-state index in [1.165, 1.54) is 12.1 Å². The number of nitrogens with one attached hydrogen (secondary N) is 2. The molecule has 136 valence electrons. The molecule has 0 unspecified atom stereocenters. The lowest BCUT2D eigenvalue weighted by Crippen LogP contribution is -2.33. The Morgan fingerprint density at radius 2 is 1.65 bits per heavy atom. The highest BCUT2D eigenvalue weighted by molar-refractivity contribution is 6.39. The molecule has 0 heterocycles. The van der Waals surface area contributed by atoms with E-state index >= 15 is 0 Å². The van der Waals surface area contributed by atoms with Crippen LogP contribution >= 0.6 is 0 Å². The maximum absolute atomic E-state index is 13.1. The van der Waals surface area contributed by atoms with E-state index in [2.05, 4.69) is 15.8 Å². The van der Waals surface area contributed by atoms with Crippen molar-refractivity contribution in [3.8, 4) is 0 Å². The number of amides is 2. The Bertz CT molecular complexity index is 784. The Kier molecular flexibility index (Phi) is 7.02. The molecule has 26 heavy (non-hydrogen) atoms. The molecule has 0 fully saturated rings. The van der Waals surface area contributed by atoms with Crippen LogP contribution in [0.25, 0.3) is 0 Å². The number of aryl methyl sites for hydroxylation is 1. The van der Waals surface area contributed by atoms with Crippen molar-refractivity contribution in [3.05, 3.63) is 65.5 Å². The minimum Gasteiger partial charge on any atom is -0.318 e. The molecule has 0 aliphatic carbocycles. The van der Waals surface area contributed by atoms with E-state index < -0.39 is 11.8 Å². The number of rotatable bonds is 6. The van der Waals surface area contributed by atoms with Crippen LogP contribution in [0, 0.1) is 12.7 Å². The summed E-state index contributed by atoms with van der Waals surface area (Å²) in [6.07, 6.45) is 2.42. The van der Waals surface area contributed by atoms with Gasteiger partial charge in [-0.3, -0.25) is 9.59 Å². The second-order valence-electron chi connectivity index (χ2n) is 5.93. The van der Waals surface area contributed by atoms with Crippen LogP contribution in [0.4, 0.5) is 10.1 Å². The van der Waals surface area contributed by atoms with Crippen LogP contribution in [0.3, 0.4) is 0 Å². The van der Waals surface area contributed by atoms with Gasteiger partial charge >= 0.3 is 11.8 Å². The number of carbonyl (C=O) groups excluding carboxylic acids is 2. The molecule has 6 heteroatoms. The van der Waals surface area contributed by atoms with Crippen LogP contribution in [0.5, 0.6) is 0 Å². The van der Waals surface area contributed by atoms with Crippen molar-refractivity contribution in [2.75, 3.05) is 5.32 Å². The number of nitrogens with zero attached hydrogens (tertiary/aromatic N) is 1. The maximum Gasteiger partial charge on any atom is 0.329 e. The summed E-state index contributed by atoms with van der Waals surface area (Å²) < 4.78 is 13.1. The minimum atomic E-state index is -0.860. The third-order valence-corrected chi connectivity index (χ3v) is 3.75. The average Bonchev–Trinajstić information content (AvgIpc) is 2.64. The van der Waals surface area contributed by atoms with E-state index in [1.807, 2.05) is 26.0 Å². The van der Waals surface area contributed by atoms with Crippen molar-refractivity contribution in [1.82, 2.24) is 5.43 Å². The Balaban J connectivity index is 2.04. The summed E-state index contributed by atoms with van der Waals surface area (Å²) in [4.78, 5) is 24.0. The molecule has 0 spiro atoms. The highest BCUT2D eigenvalue weighted by Crippen LogP contribution is 2.10. The Hall–Kier alpha value is -3.02. The van der Waals surface area contributed by atoms with Gasteiger partial charge in [0.2, 0.25) is 0 Å². The fourth-order valence-corrected chi connectivity index (χ4v) is 2.25. The summed E-state index contributed by atoms with van der Waals surface area (Å²) in [5.41, 5.74) is 5.17. The number of hydrogen-bond acceptors (Lipinski definition) is 3. The van der Waals surface area contributed by atoms with Crippen molar-refractivity contribution in [3.63, 3.8) is 0 Å². The molecule has 0 aliphatic rings. The zero-order chi connectivity index (χ0) is 18.9. The molecule has 0 saturated heterocycles. The first-order valence-electron chi connectivity index (χ1n) is 8.50.